The molecule has 8 aromatic carbocycles. The molecule has 2 aliphatic heterocycles. The van der Waals surface area contributed by atoms with Gasteiger partial charge in [-0.2, -0.15) is 4.57 Å². The zero-order valence-electron chi connectivity index (χ0n) is 40.6. The highest BCUT2D eigenvalue weighted by Crippen LogP contribution is 2.53. The van der Waals surface area contributed by atoms with Gasteiger partial charge in [-0.25, -0.2) is 0 Å². The van der Waals surface area contributed by atoms with E-state index < -0.39 is 5.66 Å². The van der Waals surface area contributed by atoms with Crippen LogP contribution < -0.4 is 9.13 Å². The summed E-state index contributed by atoms with van der Waals surface area (Å²) in [5, 5.41) is 1.15. The van der Waals surface area contributed by atoms with E-state index in [1.807, 2.05) is 0 Å². The first-order valence-corrected chi connectivity index (χ1v) is 25.5. The zero-order valence-corrected chi connectivity index (χ0v) is 40.6. The first kappa shape index (κ1) is 43.5. The highest BCUT2D eigenvalue weighted by Gasteiger charge is 2.66. The number of benzene rings is 8. The average molecular weight is 906 g/mol. The van der Waals surface area contributed by atoms with Crippen LogP contribution >= 0.6 is 0 Å². The van der Waals surface area contributed by atoms with Gasteiger partial charge in [-0.15, -0.1) is 4.57 Å². The van der Waals surface area contributed by atoms with Crippen molar-refractivity contribution in [1.82, 2.24) is 4.98 Å². The molecule has 0 bridgehead atoms. The van der Waals surface area contributed by atoms with Gasteiger partial charge in [0.25, 0.3) is 0 Å². The van der Waals surface area contributed by atoms with Gasteiger partial charge in [0.2, 0.25) is 5.69 Å². The smallest absolute Gasteiger partial charge is 0.154 e. The van der Waals surface area contributed by atoms with Crippen LogP contribution in [0.4, 0.5) is 0 Å². The summed E-state index contributed by atoms with van der Waals surface area (Å²) in [6.45, 7) is 6.85. The number of pyridine rings is 1. The minimum atomic E-state index is -0.667. The molecule has 70 heavy (non-hydrogen) atoms. The summed E-state index contributed by atoms with van der Waals surface area (Å²) in [6, 6.07) is 76.9. The van der Waals surface area contributed by atoms with Gasteiger partial charge in [0.15, 0.2) is 11.9 Å². The third-order valence-corrected chi connectivity index (χ3v) is 15.5. The summed E-state index contributed by atoms with van der Waals surface area (Å²) in [7, 11) is 0. The lowest BCUT2D eigenvalue weighted by atomic mass is 9.73. The highest BCUT2D eigenvalue weighted by molar-refractivity contribution is 5.96. The second-order valence-electron chi connectivity index (χ2n) is 19.7. The van der Waals surface area contributed by atoms with Crippen LogP contribution in [0.15, 0.2) is 212 Å². The van der Waals surface area contributed by atoms with Gasteiger partial charge in [-0.05, 0) is 149 Å². The SMILES string of the molecule is CCC1c2ccc(-c3cccc(CCCCCCc4ccccc4)c3)cc2-c2cccc[n+]2[C@@]12c1ccc(-c3ccccc3)cc1-c1nc(-c3c(C)cccc3C)c3cc(-c4ccccc4)ccc3[n+]12. The largest absolute Gasteiger partial charge is 0.343 e. The van der Waals surface area contributed by atoms with E-state index in [-0.39, 0.29) is 5.92 Å². The van der Waals surface area contributed by atoms with Crippen LogP contribution in [-0.4, -0.2) is 4.98 Å². The predicted molar refractivity (Wildman–Crippen MR) is 288 cm³/mol. The third kappa shape index (κ3) is 7.38. The number of aryl methyl sites for hydroxylation is 4. The van der Waals surface area contributed by atoms with Crippen molar-refractivity contribution in [3.63, 3.8) is 0 Å². The van der Waals surface area contributed by atoms with Crippen molar-refractivity contribution in [3.8, 4) is 67.3 Å². The molecule has 0 saturated carbocycles. The third-order valence-electron chi connectivity index (χ3n) is 15.5. The molecule has 2 aliphatic rings. The molecular formula is C67H59N3+2. The zero-order chi connectivity index (χ0) is 47.2. The Balaban J connectivity index is 1.02. The molecule has 1 spiro atoms. The minimum Gasteiger partial charge on any atom is -0.154 e. The number of nitrogens with zero attached hydrogens (tertiary/aromatic N) is 3. The van der Waals surface area contributed by atoms with E-state index in [1.165, 1.54) is 127 Å². The fraction of sp³-hybridized carbons (Fsp3) is 0.179. The fourth-order valence-corrected chi connectivity index (χ4v) is 12.2. The Morgan fingerprint density at radius 3 is 1.79 bits per heavy atom. The highest BCUT2D eigenvalue weighted by atomic mass is 15.3. The van der Waals surface area contributed by atoms with Crippen molar-refractivity contribution < 1.29 is 9.13 Å². The fourth-order valence-electron chi connectivity index (χ4n) is 12.2. The van der Waals surface area contributed by atoms with Crippen LogP contribution in [0.1, 0.15) is 78.3 Å². The maximum Gasteiger partial charge on any atom is 0.343 e. The van der Waals surface area contributed by atoms with Gasteiger partial charge in [0.05, 0.1) is 28.0 Å². The molecule has 0 N–H and O–H groups in total. The van der Waals surface area contributed by atoms with Gasteiger partial charge >= 0.3 is 11.5 Å². The number of unbranched alkanes of at least 4 members (excludes halogenated alkanes) is 3. The number of hydrogen-bond acceptors (Lipinski definition) is 1. The summed E-state index contributed by atoms with van der Waals surface area (Å²) >= 11 is 0. The predicted octanol–water partition coefficient (Wildman–Crippen LogP) is 15.8. The standard InChI is InChI=1S/C67H59N3/c1-4-60-56-38-35-55(52-33-21-28-49(42-52)27-11-6-5-10-24-48-25-12-7-13-26-48)43-57(56)62-34-18-19-41-69(62)67(60)61-39-36-53(50-29-14-8-15-30-50)44-58(61)66-68-65(64-46(2)22-20-23-47(64)3)59-45-54(37-40-63(59)70(66)67)51-31-16-9-17-32-51/h7-9,12-23,25-26,28-45,60H,4-6,10-11,24,27H2,1-3H3/q+2/t60?,67-/m0/s1. The molecule has 0 radical (unpaired) electrons. The van der Waals surface area contributed by atoms with Crippen LogP contribution in [0.25, 0.3) is 78.2 Å². The Bertz CT molecular complexity index is 3540. The number of fused-ring (bicyclic) bond motifs is 11. The van der Waals surface area contributed by atoms with Crippen LogP contribution in [0.2, 0.25) is 0 Å². The normalized spacial score (nSPS) is 15.4. The van der Waals surface area contributed by atoms with Crippen LogP contribution in [-0.2, 0) is 18.5 Å². The first-order chi connectivity index (χ1) is 34.5. The molecule has 1 unspecified atom stereocenters. The summed E-state index contributed by atoms with van der Waals surface area (Å²) in [6.07, 6.45) is 10.5. The van der Waals surface area contributed by atoms with Gasteiger partial charge in [-0.3, -0.25) is 0 Å². The quantitative estimate of drug-likeness (QED) is 0.0884. The van der Waals surface area contributed by atoms with Crippen molar-refractivity contribution in [2.75, 3.05) is 0 Å². The van der Waals surface area contributed by atoms with Crippen molar-refractivity contribution in [3.05, 3.63) is 246 Å². The van der Waals surface area contributed by atoms with E-state index in [0.29, 0.717) is 0 Å². The van der Waals surface area contributed by atoms with Crippen molar-refractivity contribution in [2.24, 2.45) is 0 Å². The Labute approximate surface area is 413 Å². The molecule has 0 saturated heterocycles. The van der Waals surface area contributed by atoms with Gasteiger partial charge in [0.1, 0.15) is 5.52 Å². The Morgan fingerprint density at radius 2 is 1.06 bits per heavy atom. The lowest BCUT2D eigenvalue weighted by molar-refractivity contribution is -0.966. The van der Waals surface area contributed by atoms with Crippen LogP contribution in [0.5, 0.6) is 0 Å². The van der Waals surface area contributed by atoms with Gasteiger partial charge in [-0.1, -0.05) is 177 Å². The molecular weight excluding hydrogens is 847 g/mol. The molecule has 340 valence electrons. The molecule has 0 aliphatic carbocycles. The number of aromatic nitrogens is 3. The van der Waals surface area contributed by atoms with E-state index >= 15 is 0 Å². The molecule has 0 amide bonds. The Morgan fingerprint density at radius 1 is 0.486 bits per heavy atom. The number of hydrogen-bond donors (Lipinski definition) is 0. The van der Waals surface area contributed by atoms with E-state index in [0.717, 1.165) is 29.7 Å². The average Bonchev–Trinajstić information content (AvgIpc) is 3.70. The van der Waals surface area contributed by atoms with Crippen LogP contribution in [0, 0.1) is 13.8 Å². The second-order valence-corrected chi connectivity index (χ2v) is 19.7. The maximum atomic E-state index is 5.99. The van der Waals surface area contributed by atoms with E-state index in [1.54, 1.807) is 0 Å². The summed E-state index contributed by atoms with van der Waals surface area (Å²) < 4.78 is 5.26. The summed E-state index contributed by atoms with van der Waals surface area (Å²) in [4.78, 5) is 5.99. The number of rotatable bonds is 12. The van der Waals surface area contributed by atoms with E-state index in [9.17, 15) is 0 Å². The van der Waals surface area contributed by atoms with Gasteiger partial charge < -0.3 is 0 Å². The lowest BCUT2D eigenvalue weighted by Gasteiger charge is -2.37. The Hall–Kier alpha value is -7.75. The molecule has 0 fully saturated rings. The molecule has 12 rings (SSSR count). The first-order valence-electron chi connectivity index (χ1n) is 25.5. The van der Waals surface area contributed by atoms with Crippen molar-refractivity contribution >= 4 is 10.9 Å². The molecule has 3 nitrogen and oxygen atoms in total. The Kier molecular flexibility index (Phi) is 11.4. The summed E-state index contributed by atoms with van der Waals surface area (Å²) in [5.74, 6) is 1.07. The van der Waals surface area contributed by atoms with Crippen molar-refractivity contribution in [2.45, 2.75) is 77.3 Å². The monoisotopic (exact) mass is 905 g/mol. The topological polar surface area (TPSA) is 20.6 Å². The second kappa shape index (κ2) is 18.3. The minimum absolute atomic E-state index is 0.0714. The van der Waals surface area contributed by atoms with E-state index in [4.69, 9.17) is 4.98 Å². The van der Waals surface area contributed by atoms with Crippen LogP contribution in [0.3, 0.4) is 0 Å². The van der Waals surface area contributed by atoms with Gasteiger partial charge in [0, 0.05) is 17.7 Å². The maximum absolute atomic E-state index is 5.99. The molecule has 2 aromatic heterocycles. The van der Waals surface area contributed by atoms with Crippen molar-refractivity contribution in [1.29, 1.82) is 0 Å². The van der Waals surface area contributed by atoms with E-state index in [2.05, 4.69) is 242 Å². The molecule has 2 atom stereocenters. The molecule has 3 heteroatoms. The molecule has 4 heterocycles. The lowest BCUT2D eigenvalue weighted by Crippen LogP contribution is -2.77. The molecule has 10 aromatic rings. The summed E-state index contributed by atoms with van der Waals surface area (Å²) in [5.41, 5.74) is 21.7.